The van der Waals surface area contributed by atoms with Gasteiger partial charge < -0.3 is 24.8 Å². The van der Waals surface area contributed by atoms with E-state index in [4.69, 9.17) is 14.2 Å². The topological polar surface area (TPSA) is 123 Å². The van der Waals surface area contributed by atoms with Crippen LogP contribution in [0.2, 0.25) is 0 Å². The average Bonchev–Trinajstić information content (AvgIpc) is 3.11. The molecule has 0 unspecified atom stereocenters. The van der Waals surface area contributed by atoms with E-state index in [2.05, 4.69) is 10.6 Å². The molecule has 33 heavy (non-hydrogen) atoms. The molecule has 0 bridgehead atoms. The van der Waals surface area contributed by atoms with Crippen molar-refractivity contribution in [2.45, 2.75) is 62.1 Å². The van der Waals surface area contributed by atoms with Gasteiger partial charge in [-0.25, -0.2) is 8.42 Å². The van der Waals surface area contributed by atoms with Gasteiger partial charge in [-0.15, -0.1) is 0 Å². The molecule has 0 radical (unpaired) electrons. The van der Waals surface area contributed by atoms with Gasteiger partial charge in [-0.1, -0.05) is 25.7 Å². The van der Waals surface area contributed by atoms with E-state index < -0.39 is 28.1 Å². The molecule has 3 aliphatic rings. The second-order valence-corrected chi connectivity index (χ2v) is 10.4. The van der Waals surface area contributed by atoms with Gasteiger partial charge in [-0.3, -0.25) is 9.59 Å². The summed E-state index contributed by atoms with van der Waals surface area (Å²) in [5.41, 5.74) is 0. The first-order valence-corrected chi connectivity index (χ1v) is 13.0. The van der Waals surface area contributed by atoms with Gasteiger partial charge in [0.05, 0.1) is 18.0 Å². The zero-order chi connectivity index (χ0) is 23.3. The molecule has 0 aromatic heterocycles. The molecule has 1 saturated carbocycles. The zero-order valence-electron chi connectivity index (χ0n) is 18.6. The third-order valence-corrected chi connectivity index (χ3v) is 7.99. The van der Waals surface area contributed by atoms with Gasteiger partial charge in [0.1, 0.15) is 19.4 Å². The molecule has 1 saturated heterocycles. The predicted octanol–water partition coefficient (Wildman–Crippen LogP) is 1.15. The van der Waals surface area contributed by atoms with Gasteiger partial charge in [0.25, 0.3) is 0 Å². The molecule has 2 heterocycles. The summed E-state index contributed by atoms with van der Waals surface area (Å²) in [5, 5.41) is 5.33. The molecule has 10 nitrogen and oxygen atoms in total. The van der Waals surface area contributed by atoms with Gasteiger partial charge in [-0.2, -0.15) is 4.31 Å². The lowest BCUT2D eigenvalue weighted by Gasteiger charge is -2.34. The third kappa shape index (κ3) is 5.77. The van der Waals surface area contributed by atoms with E-state index >= 15 is 0 Å². The highest BCUT2D eigenvalue weighted by Crippen LogP contribution is 2.34. The van der Waals surface area contributed by atoms with Crippen molar-refractivity contribution >= 4 is 21.8 Å². The predicted molar refractivity (Wildman–Crippen MR) is 118 cm³/mol. The van der Waals surface area contributed by atoms with Crippen LogP contribution in [0.25, 0.3) is 0 Å². The Labute approximate surface area is 194 Å². The summed E-state index contributed by atoms with van der Waals surface area (Å²) in [6, 6.07) is 4.48. The van der Waals surface area contributed by atoms with Crippen molar-refractivity contribution in [2.24, 2.45) is 0 Å². The average molecular weight is 482 g/mol. The number of hydrogen-bond donors (Lipinski definition) is 2. The molecule has 2 amide bonds. The maximum Gasteiger partial charge on any atom is 0.309 e. The monoisotopic (exact) mass is 481 g/mol. The van der Waals surface area contributed by atoms with Crippen LogP contribution < -0.4 is 20.1 Å². The standard InChI is InChI=1S/C22H31N3O7S/c26-21(22(27)24-16-6-3-1-2-4-7-16)23-15-20-25(10-5-11-32-20)33(28,29)17-8-9-18-19(14-17)31-13-12-30-18/h8-9,14,16,20H,1-7,10-13,15H2,(H,23,26)(H,24,27)/t20-/m1/s1. The van der Waals surface area contributed by atoms with E-state index in [-0.39, 0.29) is 24.0 Å². The van der Waals surface area contributed by atoms with Gasteiger partial charge >= 0.3 is 11.8 Å². The maximum absolute atomic E-state index is 13.3. The van der Waals surface area contributed by atoms with Crippen molar-refractivity contribution in [3.05, 3.63) is 18.2 Å². The summed E-state index contributed by atoms with van der Waals surface area (Å²) >= 11 is 0. The van der Waals surface area contributed by atoms with Crippen molar-refractivity contribution in [1.82, 2.24) is 14.9 Å². The highest BCUT2D eigenvalue weighted by molar-refractivity contribution is 7.89. The molecule has 11 heteroatoms. The molecule has 1 atom stereocenters. The lowest BCUT2D eigenvalue weighted by molar-refractivity contribution is -0.140. The van der Waals surface area contributed by atoms with Crippen molar-refractivity contribution in [2.75, 3.05) is 32.9 Å². The van der Waals surface area contributed by atoms with Crippen LogP contribution in [-0.4, -0.2) is 69.7 Å². The highest BCUT2D eigenvalue weighted by atomic mass is 32.2. The summed E-state index contributed by atoms with van der Waals surface area (Å²) in [7, 11) is -3.92. The SMILES string of the molecule is O=C(NC[C@H]1OCCCN1S(=O)(=O)c1ccc2c(c1)OCCO2)C(=O)NC1CCCCCC1. The van der Waals surface area contributed by atoms with E-state index in [0.717, 1.165) is 38.5 Å². The molecular weight excluding hydrogens is 450 g/mol. The molecule has 2 aliphatic heterocycles. The number of hydrogen-bond acceptors (Lipinski definition) is 7. The summed E-state index contributed by atoms with van der Waals surface area (Å²) in [6.07, 6.45) is 5.71. The number of carbonyl (C=O) groups is 2. The molecule has 1 aliphatic carbocycles. The molecule has 2 fully saturated rings. The number of amides is 2. The first-order chi connectivity index (χ1) is 15.9. The Morgan fingerprint density at radius 2 is 1.67 bits per heavy atom. The van der Waals surface area contributed by atoms with Crippen LogP contribution in [-0.2, 0) is 24.3 Å². The lowest BCUT2D eigenvalue weighted by Crippen LogP contribution is -2.53. The molecule has 1 aromatic carbocycles. The fourth-order valence-corrected chi connectivity index (χ4v) is 5.94. The Kier molecular flexibility index (Phi) is 7.71. The first kappa shape index (κ1) is 23.8. The number of benzene rings is 1. The summed E-state index contributed by atoms with van der Waals surface area (Å²) < 4.78 is 44.5. The number of fused-ring (bicyclic) bond motifs is 1. The Bertz CT molecular complexity index is 961. The number of sulfonamides is 1. The molecular formula is C22H31N3O7S. The maximum atomic E-state index is 13.3. The summed E-state index contributed by atoms with van der Waals surface area (Å²) in [5.74, 6) is -0.608. The van der Waals surface area contributed by atoms with Crippen LogP contribution >= 0.6 is 0 Å². The number of ether oxygens (including phenoxy) is 3. The Balaban J connectivity index is 1.38. The van der Waals surface area contributed by atoms with E-state index in [9.17, 15) is 18.0 Å². The number of nitrogens with one attached hydrogen (secondary N) is 2. The minimum atomic E-state index is -3.92. The third-order valence-electron chi connectivity index (χ3n) is 6.11. The number of carbonyl (C=O) groups excluding carboxylic acids is 2. The van der Waals surface area contributed by atoms with Crippen LogP contribution in [0, 0.1) is 0 Å². The van der Waals surface area contributed by atoms with Gasteiger partial charge in [0.2, 0.25) is 10.0 Å². The molecule has 2 N–H and O–H groups in total. The van der Waals surface area contributed by atoms with Gasteiger partial charge in [0, 0.05) is 18.7 Å². The molecule has 0 spiro atoms. The van der Waals surface area contributed by atoms with Crippen molar-refractivity contribution in [3.8, 4) is 11.5 Å². The molecule has 182 valence electrons. The van der Waals surface area contributed by atoms with Gasteiger partial charge in [0.15, 0.2) is 11.5 Å². The van der Waals surface area contributed by atoms with Crippen LogP contribution in [0.4, 0.5) is 0 Å². The number of rotatable bonds is 5. The minimum absolute atomic E-state index is 0.00349. The molecule has 4 rings (SSSR count). The Morgan fingerprint density at radius 1 is 0.939 bits per heavy atom. The second-order valence-electron chi connectivity index (χ2n) is 8.47. The Morgan fingerprint density at radius 3 is 2.42 bits per heavy atom. The number of nitrogens with zero attached hydrogens (tertiary/aromatic N) is 1. The van der Waals surface area contributed by atoms with Crippen LogP contribution in [0.3, 0.4) is 0 Å². The van der Waals surface area contributed by atoms with E-state index in [0.29, 0.717) is 37.7 Å². The zero-order valence-corrected chi connectivity index (χ0v) is 19.4. The second kappa shape index (κ2) is 10.7. The van der Waals surface area contributed by atoms with Gasteiger partial charge in [-0.05, 0) is 31.4 Å². The first-order valence-electron chi connectivity index (χ1n) is 11.6. The van der Waals surface area contributed by atoms with E-state index in [1.165, 1.54) is 16.4 Å². The van der Waals surface area contributed by atoms with Crippen molar-refractivity contribution in [3.63, 3.8) is 0 Å². The normalized spacial score (nSPS) is 22.2. The summed E-state index contributed by atoms with van der Waals surface area (Å²) in [4.78, 5) is 24.7. The quantitative estimate of drug-likeness (QED) is 0.478. The van der Waals surface area contributed by atoms with Crippen LogP contribution in [0.15, 0.2) is 23.1 Å². The summed E-state index contributed by atoms with van der Waals surface area (Å²) in [6.45, 7) is 1.24. The lowest BCUT2D eigenvalue weighted by atomic mass is 10.1. The fraction of sp³-hybridized carbons (Fsp3) is 0.636. The Hall–Kier alpha value is -2.37. The highest BCUT2D eigenvalue weighted by Gasteiger charge is 2.35. The van der Waals surface area contributed by atoms with E-state index in [1.54, 1.807) is 6.07 Å². The van der Waals surface area contributed by atoms with Crippen molar-refractivity contribution < 1.29 is 32.2 Å². The molecule has 1 aromatic rings. The largest absolute Gasteiger partial charge is 0.486 e. The smallest absolute Gasteiger partial charge is 0.309 e. The fourth-order valence-electron chi connectivity index (χ4n) is 4.36. The van der Waals surface area contributed by atoms with Crippen molar-refractivity contribution in [1.29, 1.82) is 0 Å². The minimum Gasteiger partial charge on any atom is -0.486 e. The van der Waals surface area contributed by atoms with E-state index in [1.807, 2.05) is 0 Å². The van der Waals surface area contributed by atoms with Crippen LogP contribution in [0.5, 0.6) is 11.5 Å². The van der Waals surface area contributed by atoms with Crippen LogP contribution in [0.1, 0.15) is 44.9 Å².